The first kappa shape index (κ1) is 23.1. The van der Waals surface area contributed by atoms with Crippen LogP contribution in [0, 0.1) is 0 Å². The van der Waals surface area contributed by atoms with E-state index in [9.17, 15) is 5.11 Å². The van der Waals surface area contributed by atoms with Gasteiger partial charge in [-0.1, -0.05) is 24.2 Å². The second kappa shape index (κ2) is 10.4. The van der Waals surface area contributed by atoms with Crippen molar-refractivity contribution >= 4 is 32.5 Å². The predicted molar refractivity (Wildman–Crippen MR) is 142 cm³/mol. The van der Waals surface area contributed by atoms with E-state index < -0.39 is 0 Å². The highest BCUT2D eigenvalue weighted by Gasteiger charge is 2.23. The Hall–Kier alpha value is -3.27. The van der Waals surface area contributed by atoms with Gasteiger partial charge in [0.25, 0.3) is 0 Å². The largest absolute Gasteiger partial charge is 0.456 e. The molecule has 4 aromatic rings. The number of pyridine rings is 2. The maximum atomic E-state index is 10.3. The number of nitrogens with one attached hydrogen (secondary N) is 1. The van der Waals surface area contributed by atoms with Crippen LogP contribution in [-0.2, 0) is 4.74 Å². The van der Waals surface area contributed by atoms with Crippen molar-refractivity contribution in [3.05, 3.63) is 55.0 Å². The Morgan fingerprint density at radius 3 is 2.69 bits per heavy atom. The number of hydrogen-bond donors (Lipinski definition) is 2. The fourth-order valence-electron chi connectivity index (χ4n) is 4.77. The highest BCUT2D eigenvalue weighted by molar-refractivity contribution is 7.22. The predicted octanol–water partition coefficient (Wildman–Crippen LogP) is 5.10. The molecule has 2 aliphatic rings. The summed E-state index contributed by atoms with van der Waals surface area (Å²) in [6.45, 7) is 3.20. The molecule has 1 saturated carbocycles. The molecule has 2 fully saturated rings. The van der Waals surface area contributed by atoms with Gasteiger partial charge in [-0.05, 0) is 43.2 Å². The van der Waals surface area contributed by atoms with Crippen molar-refractivity contribution in [2.24, 2.45) is 0 Å². The molecule has 4 heterocycles. The number of morpholine rings is 1. The number of nitrogens with zero attached hydrogens (tertiary/aromatic N) is 4. The number of hydrogen-bond acceptors (Lipinski definition) is 9. The molecule has 2 N–H and O–H groups in total. The van der Waals surface area contributed by atoms with E-state index in [4.69, 9.17) is 14.5 Å². The van der Waals surface area contributed by atoms with Gasteiger partial charge < -0.3 is 24.8 Å². The molecule has 3 aromatic heterocycles. The fourth-order valence-corrected chi connectivity index (χ4v) is 5.73. The molecule has 1 aliphatic heterocycles. The van der Waals surface area contributed by atoms with Crippen LogP contribution in [0.15, 0.2) is 55.0 Å². The van der Waals surface area contributed by atoms with Gasteiger partial charge in [0.1, 0.15) is 17.3 Å². The van der Waals surface area contributed by atoms with Crippen LogP contribution in [0.5, 0.6) is 11.5 Å². The molecule has 1 saturated heterocycles. The average molecular weight is 504 g/mol. The molecule has 0 spiro atoms. The van der Waals surface area contributed by atoms with Crippen LogP contribution in [0.3, 0.4) is 0 Å². The summed E-state index contributed by atoms with van der Waals surface area (Å²) in [5, 5.41) is 14.5. The Bertz CT molecular complexity index is 1320. The molecule has 9 heteroatoms. The molecule has 0 bridgehead atoms. The van der Waals surface area contributed by atoms with Crippen molar-refractivity contribution in [1.29, 1.82) is 0 Å². The van der Waals surface area contributed by atoms with Crippen molar-refractivity contribution in [3.8, 4) is 22.6 Å². The number of fused-ring (bicyclic) bond motifs is 1. The summed E-state index contributed by atoms with van der Waals surface area (Å²) in [6, 6.07) is 12.1. The Labute approximate surface area is 213 Å². The summed E-state index contributed by atoms with van der Waals surface area (Å²) in [6.07, 6.45) is 9.16. The van der Waals surface area contributed by atoms with Crippen molar-refractivity contribution < 1.29 is 14.6 Å². The molecular weight excluding hydrogens is 474 g/mol. The lowest BCUT2D eigenvalue weighted by atomic mass is 9.93. The highest BCUT2D eigenvalue weighted by atomic mass is 32.1. The van der Waals surface area contributed by atoms with Crippen molar-refractivity contribution in [2.45, 2.75) is 37.8 Å². The van der Waals surface area contributed by atoms with Gasteiger partial charge in [-0.25, -0.2) is 9.97 Å². The molecular formula is C27H29N5O3S. The van der Waals surface area contributed by atoms with Gasteiger partial charge in [0, 0.05) is 42.7 Å². The molecule has 0 unspecified atom stereocenters. The topological polar surface area (TPSA) is 92.6 Å². The maximum absolute atomic E-state index is 10.3. The zero-order valence-electron chi connectivity index (χ0n) is 20.0. The molecule has 0 radical (unpaired) electrons. The Balaban J connectivity index is 1.15. The minimum Gasteiger partial charge on any atom is -0.456 e. The minimum absolute atomic E-state index is 0.0706. The number of aliphatic hydroxyl groups excluding tert-OH is 1. The summed E-state index contributed by atoms with van der Waals surface area (Å²) >= 11 is 1.58. The molecule has 1 aromatic carbocycles. The number of benzene rings is 1. The van der Waals surface area contributed by atoms with Crippen LogP contribution < -0.4 is 15.0 Å². The number of rotatable bonds is 6. The normalized spacial score (nSPS) is 20.4. The van der Waals surface area contributed by atoms with Gasteiger partial charge in [-0.3, -0.25) is 4.98 Å². The molecule has 0 amide bonds. The fraction of sp³-hybridized carbons (Fsp3) is 0.370. The molecule has 2 atom stereocenters. The molecule has 6 rings (SSSR count). The summed E-state index contributed by atoms with van der Waals surface area (Å²) in [7, 11) is 0. The van der Waals surface area contributed by atoms with Gasteiger partial charge in [0.05, 0.1) is 41.8 Å². The third kappa shape index (κ3) is 5.13. The lowest BCUT2D eigenvalue weighted by Crippen LogP contribution is -2.36. The van der Waals surface area contributed by atoms with Crippen molar-refractivity contribution in [3.63, 3.8) is 0 Å². The Morgan fingerprint density at radius 2 is 1.86 bits per heavy atom. The average Bonchev–Trinajstić information content (AvgIpc) is 3.32. The molecule has 36 heavy (non-hydrogen) atoms. The van der Waals surface area contributed by atoms with Gasteiger partial charge in [-0.15, -0.1) is 0 Å². The molecule has 1 aliphatic carbocycles. The number of ether oxygens (including phenoxy) is 2. The van der Waals surface area contributed by atoms with E-state index in [0.717, 1.165) is 90.0 Å². The SMILES string of the molecule is O[C@@H]1CCCC[C@H]1Nc1nc2ccc(Oc3cncc(-c4ccc(N5CCOCC5)nc4)c3)cc2s1. The summed E-state index contributed by atoms with van der Waals surface area (Å²) < 4.78 is 12.6. The van der Waals surface area contributed by atoms with Crippen LogP contribution in [0.1, 0.15) is 25.7 Å². The first-order valence-electron chi connectivity index (χ1n) is 12.5. The second-order valence-electron chi connectivity index (χ2n) is 9.27. The van der Waals surface area contributed by atoms with Gasteiger partial charge in [0.15, 0.2) is 5.13 Å². The van der Waals surface area contributed by atoms with E-state index in [1.807, 2.05) is 42.7 Å². The Kier molecular flexibility index (Phi) is 6.67. The van der Waals surface area contributed by atoms with Crippen molar-refractivity contribution in [2.75, 3.05) is 36.5 Å². The van der Waals surface area contributed by atoms with E-state index in [2.05, 4.69) is 26.3 Å². The summed E-state index contributed by atoms with van der Waals surface area (Å²) in [5.41, 5.74) is 2.85. The Morgan fingerprint density at radius 1 is 0.972 bits per heavy atom. The highest BCUT2D eigenvalue weighted by Crippen LogP contribution is 2.33. The first-order valence-corrected chi connectivity index (χ1v) is 13.3. The van der Waals surface area contributed by atoms with Gasteiger partial charge in [-0.2, -0.15) is 0 Å². The van der Waals surface area contributed by atoms with E-state index in [0.29, 0.717) is 5.75 Å². The van der Waals surface area contributed by atoms with Gasteiger partial charge in [0.2, 0.25) is 0 Å². The van der Waals surface area contributed by atoms with E-state index in [-0.39, 0.29) is 12.1 Å². The van der Waals surface area contributed by atoms with Crippen LogP contribution in [0.4, 0.5) is 10.9 Å². The number of anilines is 2. The minimum atomic E-state index is -0.310. The third-order valence-electron chi connectivity index (χ3n) is 6.76. The third-order valence-corrected chi connectivity index (χ3v) is 7.71. The quantitative estimate of drug-likeness (QED) is 0.376. The standard InChI is InChI=1S/C27H29N5O3S/c33-24-4-2-1-3-22(24)30-27-31-23-7-6-20(14-25(23)36-27)35-21-13-19(15-28-17-21)18-5-8-26(29-16-18)32-9-11-34-12-10-32/h5-8,13-17,22,24,33H,1-4,9-12H2,(H,30,31)/t22-,24-/m1/s1. The lowest BCUT2D eigenvalue weighted by Gasteiger charge is -2.27. The van der Waals surface area contributed by atoms with E-state index in [1.165, 1.54) is 0 Å². The van der Waals surface area contributed by atoms with Crippen LogP contribution in [0.25, 0.3) is 21.3 Å². The van der Waals surface area contributed by atoms with E-state index >= 15 is 0 Å². The van der Waals surface area contributed by atoms with Crippen molar-refractivity contribution in [1.82, 2.24) is 15.0 Å². The molecule has 8 nitrogen and oxygen atoms in total. The van der Waals surface area contributed by atoms with E-state index in [1.54, 1.807) is 17.5 Å². The lowest BCUT2D eigenvalue weighted by molar-refractivity contribution is 0.116. The zero-order chi connectivity index (χ0) is 24.3. The number of aliphatic hydroxyl groups is 1. The monoisotopic (exact) mass is 503 g/mol. The van der Waals surface area contributed by atoms with Gasteiger partial charge >= 0.3 is 0 Å². The zero-order valence-corrected chi connectivity index (χ0v) is 20.8. The summed E-state index contributed by atoms with van der Waals surface area (Å²) in [5.74, 6) is 2.36. The summed E-state index contributed by atoms with van der Waals surface area (Å²) in [4.78, 5) is 16.0. The number of thiazole rings is 1. The van der Waals surface area contributed by atoms with Crippen LogP contribution in [-0.4, -0.2) is 58.5 Å². The second-order valence-corrected chi connectivity index (χ2v) is 10.3. The number of aromatic nitrogens is 3. The first-order chi connectivity index (χ1) is 17.7. The van der Waals surface area contributed by atoms with Crippen LogP contribution in [0.2, 0.25) is 0 Å². The maximum Gasteiger partial charge on any atom is 0.184 e. The molecule has 186 valence electrons. The smallest absolute Gasteiger partial charge is 0.184 e. The van der Waals surface area contributed by atoms with Crippen LogP contribution >= 0.6 is 11.3 Å².